The highest BCUT2D eigenvalue weighted by atomic mass is 19.1. The quantitative estimate of drug-likeness (QED) is 0.579. The Kier molecular flexibility index (Phi) is 5.12. The van der Waals surface area contributed by atoms with Gasteiger partial charge in [-0.2, -0.15) is 0 Å². The summed E-state index contributed by atoms with van der Waals surface area (Å²) in [6, 6.07) is 4.99. The van der Waals surface area contributed by atoms with E-state index in [-0.39, 0.29) is 11.5 Å². The van der Waals surface area contributed by atoms with Crippen molar-refractivity contribution in [3.8, 4) is 0 Å². The molecule has 0 heterocycles. The highest BCUT2D eigenvalue weighted by Crippen LogP contribution is 2.15. The van der Waals surface area contributed by atoms with Crippen molar-refractivity contribution >= 4 is 5.69 Å². The first-order valence-electron chi connectivity index (χ1n) is 5.36. The van der Waals surface area contributed by atoms with Crippen molar-refractivity contribution in [3.63, 3.8) is 0 Å². The van der Waals surface area contributed by atoms with E-state index < -0.39 is 0 Å². The molecule has 0 radical (unpaired) electrons. The minimum atomic E-state index is -0.354. The fourth-order valence-electron chi connectivity index (χ4n) is 1.35. The number of ether oxygens (including phenoxy) is 1. The molecule has 0 aliphatic carbocycles. The van der Waals surface area contributed by atoms with Gasteiger partial charge in [0.05, 0.1) is 12.3 Å². The molecule has 0 atom stereocenters. The summed E-state index contributed by atoms with van der Waals surface area (Å²) in [6.07, 6.45) is 3.34. The number of anilines is 1. The second kappa shape index (κ2) is 6.40. The fraction of sp³-hybridized carbons (Fsp3) is 0.500. The van der Waals surface area contributed by atoms with Gasteiger partial charge in [-0.15, -0.1) is 0 Å². The molecule has 0 aliphatic heterocycles. The van der Waals surface area contributed by atoms with Gasteiger partial charge in [-0.1, -0.05) is 31.9 Å². The number of unbranched alkanes of at least 4 members (excludes halogenated alkanes) is 2. The van der Waals surface area contributed by atoms with Crippen LogP contribution in [0.2, 0.25) is 0 Å². The maximum absolute atomic E-state index is 13.4. The highest BCUT2D eigenvalue weighted by Gasteiger charge is 2.04. The van der Waals surface area contributed by atoms with E-state index >= 15 is 0 Å². The number of nitrogen functional groups attached to an aromatic ring is 1. The Morgan fingerprint density at radius 3 is 2.87 bits per heavy atom. The van der Waals surface area contributed by atoms with E-state index in [1.807, 2.05) is 0 Å². The first-order valence-corrected chi connectivity index (χ1v) is 5.36. The van der Waals surface area contributed by atoms with E-state index in [9.17, 15) is 4.39 Å². The van der Waals surface area contributed by atoms with Crippen LogP contribution in [0.1, 0.15) is 31.7 Å². The molecule has 3 heteroatoms. The summed E-state index contributed by atoms with van der Waals surface area (Å²) in [4.78, 5) is 0. The lowest BCUT2D eigenvalue weighted by molar-refractivity contribution is 0.115. The Bertz CT molecular complexity index is 302. The fourth-order valence-corrected chi connectivity index (χ4v) is 1.35. The van der Waals surface area contributed by atoms with Gasteiger partial charge in [0.25, 0.3) is 0 Å². The number of benzene rings is 1. The summed E-state index contributed by atoms with van der Waals surface area (Å²) >= 11 is 0. The van der Waals surface area contributed by atoms with Gasteiger partial charge in [-0.3, -0.25) is 0 Å². The molecule has 1 aromatic rings. The molecular weight excluding hydrogens is 193 g/mol. The van der Waals surface area contributed by atoms with Crippen LogP contribution in [0, 0.1) is 5.82 Å². The van der Waals surface area contributed by atoms with Crippen LogP contribution in [0.15, 0.2) is 18.2 Å². The molecule has 0 saturated heterocycles. The Morgan fingerprint density at radius 1 is 1.33 bits per heavy atom. The van der Waals surface area contributed by atoms with Gasteiger partial charge in [0.15, 0.2) is 5.82 Å². The second-order valence-electron chi connectivity index (χ2n) is 3.58. The van der Waals surface area contributed by atoms with Gasteiger partial charge < -0.3 is 10.5 Å². The molecule has 84 valence electrons. The van der Waals surface area contributed by atoms with E-state index in [0.29, 0.717) is 18.8 Å². The molecule has 0 bridgehead atoms. The molecule has 0 aromatic heterocycles. The molecule has 2 N–H and O–H groups in total. The standard InChI is InChI=1S/C12H18FNO/c1-2-3-4-8-15-9-10-6-5-7-11(14)12(10)13/h5-7H,2-4,8-9,14H2,1H3. The minimum absolute atomic E-state index is 0.185. The molecule has 0 aliphatic rings. The van der Waals surface area contributed by atoms with Crippen LogP contribution in [0.5, 0.6) is 0 Å². The Hall–Kier alpha value is -1.09. The molecule has 0 spiro atoms. The Balaban J connectivity index is 2.34. The summed E-state index contributed by atoms with van der Waals surface area (Å²) < 4.78 is 18.7. The number of hydrogen-bond donors (Lipinski definition) is 1. The van der Waals surface area contributed by atoms with Crippen LogP contribution in [0.25, 0.3) is 0 Å². The largest absolute Gasteiger partial charge is 0.396 e. The van der Waals surface area contributed by atoms with Gasteiger partial charge >= 0.3 is 0 Å². The number of rotatable bonds is 6. The second-order valence-corrected chi connectivity index (χ2v) is 3.58. The lowest BCUT2D eigenvalue weighted by Gasteiger charge is -2.06. The van der Waals surface area contributed by atoms with Crippen molar-refractivity contribution in [3.05, 3.63) is 29.6 Å². The van der Waals surface area contributed by atoms with Gasteiger partial charge in [-0.05, 0) is 12.5 Å². The van der Waals surface area contributed by atoms with Crippen molar-refractivity contribution in [2.75, 3.05) is 12.3 Å². The number of halogens is 1. The summed E-state index contributed by atoms with van der Waals surface area (Å²) in [6.45, 7) is 3.13. The molecule has 0 amide bonds. The summed E-state index contributed by atoms with van der Waals surface area (Å²) in [7, 11) is 0. The molecule has 15 heavy (non-hydrogen) atoms. The van der Waals surface area contributed by atoms with Crippen LogP contribution in [0.3, 0.4) is 0 Å². The summed E-state index contributed by atoms with van der Waals surface area (Å²) in [5.74, 6) is -0.354. The van der Waals surface area contributed by atoms with Crippen LogP contribution in [0.4, 0.5) is 10.1 Å². The zero-order valence-corrected chi connectivity index (χ0v) is 9.13. The van der Waals surface area contributed by atoms with E-state index in [1.54, 1.807) is 18.2 Å². The normalized spacial score (nSPS) is 10.5. The van der Waals surface area contributed by atoms with E-state index in [2.05, 4.69) is 6.92 Å². The number of hydrogen-bond acceptors (Lipinski definition) is 2. The molecule has 0 unspecified atom stereocenters. The summed E-state index contributed by atoms with van der Waals surface area (Å²) in [5, 5.41) is 0. The van der Waals surface area contributed by atoms with Gasteiger partial charge in [0.1, 0.15) is 0 Å². The molecule has 0 saturated carbocycles. The lowest BCUT2D eigenvalue weighted by atomic mass is 10.2. The minimum Gasteiger partial charge on any atom is -0.396 e. The third-order valence-corrected chi connectivity index (χ3v) is 2.26. The first kappa shape index (κ1) is 12.0. The smallest absolute Gasteiger partial charge is 0.151 e. The molecule has 1 aromatic carbocycles. The topological polar surface area (TPSA) is 35.2 Å². The molecule has 1 rings (SSSR count). The highest BCUT2D eigenvalue weighted by molar-refractivity contribution is 5.42. The van der Waals surface area contributed by atoms with E-state index in [4.69, 9.17) is 10.5 Å². The Labute approximate surface area is 90.2 Å². The van der Waals surface area contributed by atoms with E-state index in [0.717, 1.165) is 19.3 Å². The SMILES string of the molecule is CCCCCOCc1cccc(N)c1F. The zero-order valence-electron chi connectivity index (χ0n) is 9.13. The lowest BCUT2D eigenvalue weighted by Crippen LogP contribution is -2.00. The van der Waals surface area contributed by atoms with Crippen LogP contribution >= 0.6 is 0 Å². The van der Waals surface area contributed by atoms with Crippen molar-refractivity contribution in [1.82, 2.24) is 0 Å². The maximum atomic E-state index is 13.4. The molecular formula is C12H18FNO. The Morgan fingerprint density at radius 2 is 2.13 bits per heavy atom. The van der Waals surface area contributed by atoms with Crippen molar-refractivity contribution in [2.24, 2.45) is 0 Å². The average Bonchev–Trinajstić information content (AvgIpc) is 2.24. The van der Waals surface area contributed by atoms with Crippen LogP contribution in [-0.2, 0) is 11.3 Å². The van der Waals surface area contributed by atoms with E-state index in [1.165, 1.54) is 0 Å². The monoisotopic (exact) mass is 211 g/mol. The van der Waals surface area contributed by atoms with Crippen molar-refractivity contribution in [2.45, 2.75) is 32.8 Å². The molecule has 2 nitrogen and oxygen atoms in total. The third-order valence-electron chi connectivity index (χ3n) is 2.26. The number of nitrogens with two attached hydrogens (primary N) is 1. The third kappa shape index (κ3) is 3.88. The maximum Gasteiger partial charge on any atom is 0.151 e. The predicted molar refractivity (Wildman–Crippen MR) is 60.0 cm³/mol. The zero-order chi connectivity index (χ0) is 11.1. The van der Waals surface area contributed by atoms with Crippen LogP contribution < -0.4 is 5.73 Å². The first-order chi connectivity index (χ1) is 7.25. The van der Waals surface area contributed by atoms with Crippen LogP contribution in [-0.4, -0.2) is 6.61 Å². The predicted octanol–water partition coefficient (Wildman–Crippen LogP) is 3.11. The van der Waals surface area contributed by atoms with Gasteiger partial charge in [0.2, 0.25) is 0 Å². The summed E-state index contributed by atoms with van der Waals surface area (Å²) in [5.41, 5.74) is 6.16. The molecule has 0 fully saturated rings. The van der Waals surface area contributed by atoms with Gasteiger partial charge in [-0.25, -0.2) is 4.39 Å². The average molecular weight is 211 g/mol. The van der Waals surface area contributed by atoms with Crippen molar-refractivity contribution in [1.29, 1.82) is 0 Å². The van der Waals surface area contributed by atoms with Gasteiger partial charge in [0, 0.05) is 12.2 Å². The van der Waals surface area contributed by atoms with Crippen molar-refractivity contribution < 1.29 is 9.13 Å².